The summed E-state index contributed by atoms with van der Waals surface area (Å²) in [5.74, 6) is -0.665. The second-order valence-electron chi connectivity index (χ2n) is 6.41. The van der Waals surface area contributed by atoms with Crippen LogP contribution in [0, 0.1) is 6.92 Å². The predicted octanol–water partition coefficient (Wildman–Crippen LogP) is 3.29. The lowest BCUT2D eigenvalue weighted by Gasteiger charge is -2.11. The maximum atomic E-state index is 12.3. The van der Waals surface area contributed by atoms with Crippen LogP contribution in [0.1, 0.15) is 46.8 Å². The molecule has 5 nitrogen and oxygen atoms in total. The minimum Gasteiger partial charge on any atom is -0.480 e. The molecule has 0 fully saturated rings. The van der Waals surface area contributed by atoms with Crippen molar-refractivity contribution in [1.29, 1.82) is 0 Å². The molecule has 0 saturated heterocycles. The number of hydrogen-bond acceptors (Lipinski definition) is 4. The number of aliphatic carboxylic acids is 1. The smallest absolute Gasteiger partial charge is 0.343 e. The fourth-order valence-electron chi connectivity index (χ4n) is 2.65. The molecule has 2 aromatic rings. The van der Waals surface area contributed by atoms with Gasteiger partial charge in [0.1, 0.15) is 11.8 Å². The van der Waals surface area contributed by atoms with Crippen LogP contribution in [0.4, 0.5) is 0 Å². The summed E-state index contributed by atoms with van der Waals surface area (Å²) in [6, 6.07) is 11.3. The van der Waals surface area contributed by atoms with Gasteiger partial charge in [-0.1, -0.05) is 32.0 Å². The van der Waals surface area contributed by atoms with E-state index >= 15 is 0 Å². The Kier molecular flexibility index (Phi) is 5.93. The lowest BCUT2D eigenvalue weighted by atomic mass is 9.96. The quantitative estimate of drug-likeness (QED) is 0.621. The van der Waals surface area contributed by atoms with Crippen molar-refractivity contribution >= 4 is 11.9 Å². The van der Waals surface area contributed by atoms with Gasteiger partial charge in [0.25, 0.3) is 0 Å². The summed E-state index contributed by atoms with van der Waals surface area (Å²) in [4.78, 5) is 23.1. The molecule has 0 aliphatic rings. The zero-order valence-electron chi connectivity index (χ0n) is 14.7. The maximum Gasteiger partial charge on any atom is 0.343 e. The SMILES string of the molecule is Cc1cc(C(=O)Oc2ccc(C[C@H](N)C(=O)O)cc2)ccc1C(C)C. The van der Waals surface area contributed by atoms with Crippen LogP contribution in [0.2, 0.25) is 0 Å². The molecule has 2 aromatic carbocycles. The van der Waals surface area contributed by atoms with Crippen LogP contribution in [-0.4, -0.2) is 23.1 Å². The highest BCUT2D eigenvalue weighted by Crippen LogP contribution is 2.21. The van der Waals surface area contributed by atoms with Gasteiger partial charge in [0.2, 0.25) is 0 Å². The standard InChI is InChI=1S/C20H23NO4/c1-12(2)17-9-6-15(10-13(17)3)20(24)25-16-7-4-14(5-8-16)11-18(21)19(22)23/h4-10,12,18H,11,21H2,1-3H3,(H,22,23)/t18-/m0/s1. The summed E-state index contributed by atoms with van der Waals surface area (Å²) in [6.07, 6.45) is 0.222. The average molecular weight is 341 g/mol. The molecule has 0 aromatic heterocycles. The Morgan fingerprint density at radius 1 is 1.12 bits per heavy atom. The van der Waals surface area contributed by atoms with Gasteiger partial charge in [-0.2, -0.15) is 0 Å². The molecule has 2 rings (SSSR count). The normalized spacial score (nSPS) is 12.0. The minimum absolute atomic E-state index is 0.222. The van der Waals surface area contributed by atoms with E-state index < -0.39 is 18.0 Å². The van der Waals surface area contributed by atoms with Crippen LogP contribution in [0.5, 0.6) is 5.75 Å². The van der Waals surface area contributed by atoms with Crippen molar-refractivity contribution in [3.8, 4) is 5.75 Å². The number of hydrogen-bond donors (Lipinski definition) is 2. The first-order valence-corrected chi connectivity index (χ1v) is 8.18. The highest BCUT2D eigenvalue weighted by molar-refractivity contribution is 5.91. The second-order valence-corrected chi connectivity index (χ2v) is 6.41. The molecule has 0 radical (unpaired) electrons. The van der Waals surface area contributed by atoms with Crippen LogP contribution in [0.15, 0.2) is 42.5 Å². The van der Waals surface area contributed by atoms with Crippen molar-refractivity contribution in [3.63, 3.8) is 0 Å². The molecule has 5 heteroatoms. The number of carboxylic acids is 1. The van der Waals surface area contributed by atoms with Crippen molar-refractivity contribution in [3.05, 3.63) is 64.7 Å². The van der Waals surface area contributed by atoms with Crippen molar-refractivity contribution in [1.82, 2.24) is 0 Å². The summed E-state index contributed by atoms with van der Waals surface area (Å²) in [7, 11) is 0. The highest BCUT2D eigenvalue weighted by Gasteiger charge is 2.14. The summed E-state index contributed by atoms with van der Waals surface area (Å²) < 4.78 is 5.38. The van der Waals surface area contributed by atoms with Gasteiger partial charge in [-0.15, -0.1) is 0 Å². The van der Waals surface area contributed by atoms with Gasteiger partial charge in [-0.25, -0.2) is 4.79 Å². The van der Waals surface area contributed by atoms with Gasteiger partial charge >= 0.3 is 11.9 Å². The highest BCUT2D eigenvalue weighted by atomic mass is 16.5. The molecule has 1 atom stereocenters. The Bertz CT molecular complexity index is 766. The van der Waals surface area contributed by atoms with Gasteiger partial charge in [-0.3, -0.25) is 4.79 Å². The van der Waals surface area contributed by atoms with Gasteiger partial charge in [0.15, 0.2) is 0 Å². The number of nitrogens with two attached hydrogens (primary N) is 1. The number of benzene rings is 2. The van der Waals surface area contributed by atoms with E-state index in [0.29, 0.717) is 17.2 Å². The number of esters is 1. The van der Waals surface area contributed by atoms with Crippen molar-refractivity contribution < 1.29 is 19.4 Å². The minimum atomic E-state index is -1.05. The molecule has 0 saturated carbocycles. The van der Waals surface area contributed by atoms with E-state index in [1.54, 1.807) is 30.3 Å². The molecule has 25 heavy (non-hydrogen) atoms. The van der Waals surface area contributed by atoms with Crippen molar-refractivity contribution in [2.45, 2.75) is 39.2 Å². The van der Waals surface area contributed by atoms with Crippen LogP contribution in [-0.2, 0) is 11.2 Å². The van der Waals surface area contributed by atoms with E-state index in [-0.39, 0.29) is 6.42 Å². The molecule has 132 valence electrons. The Hall–Kier alpha value is -2.66. The van der Waals surface area contributed by atoms with E-state index in [1.165, 1.54) is 5.56 Å². The Balaban J connectivity index is 2.05. The van der Waals surface area contributed by atoms with Crippen LogP contribution in [0.25, 0.3) is 0 Å². The average Bonchev–Trinajstić information content (AvgIpc) is 2.56. The summed E-state index contributed by atoms with van der Waals surface area (Å²) in [5.41, 5.74) is 9.04. The van der Waals surface area contributed by atoms with Gasteiger partial charge in [-0.05, 0) is 60.2 Å². The Morgan fingerprint density at radius 3 is 2.28 bits per heavy atom. The number of carbonyl (C=O) groups is 2. The van der Waals surface area contributed by atoms with Crippen molar-refractivity contribution in [2.24, 2.45) is 5.73 Å². The van der Waals surface area contributed by atoms with E-state index in [1.807, 2.05) is 19.1 Å². The van der Waals surface area contributed by atoms with E-state index in [9.17, 15) is 9.59 Å². The van der Waals surface area contributed by atoms with E-state index in [4.69, 9.17) is 15.6 Å². The zero-order chi connectivity index (χ0) is 18.6. The topological polar surface area (TPSA) is 89.6 Å². The fourth-order valence-corrected chi connectivity index (χ4v) is 2.65. The number of rotatable bonds is 6. The van der Waals surface area contributed by atoms with E-state index in [2.05, 4.69) is 13.8 Å². The third-order valence-electron chi connectivity index (χ3n) is 4.03. The first kappa shape index (κ1) is 18.7. The molecular weight excluding hydrogens is 318 g/mol. The van der Waals surface area contributed by atoms with Gasteiger partial charge < -0.3 is 15.6 Å². The second kappa shape index (κ2) is 7.94. The molecule has 0 unspecified atom stereocenters. The lowest BCUT2D eigenvalue weighted by Crippen LogP contribution is -2.32. The zero-order valence-corrected chi connectivity index (χ0v) is 14.7. The number of carboxylic acid groups (broad SMARTS) is 1. The van der Waals surface area contributed by atoms with Gasteiger partial charge in [0, 0.05) is 0 Å². The van der Waals surface area contributed by atoms with E-state index in [0.717, 1.165) is 11.1 Å². The molecule has 0 bridgehead atoms. The molecule has 0 aliphatic heterocycles. The number of carbonyl (C=O) groups excluding carboxylic acids is 1. The van der Waals surface area contributed by atoms with Crippen molar-refractivity contribution in [2.75, 3.05) is 0 Å². The first-order valence-electron chi connectivity index (χ1n) is 8.18. The molecule has 0 aliphatic carbocycles. The fraction of sp³-hybridized carbons (Fsp3) is 0.300. The van der Waals surface area contributed by atoms with Crippen LogP contribution in [0.3, 0.4) is 0 Å². The molecular formula is C20H23NO4. The predicted molar refractivity (Wildman–Crippen MR) is 96.0 cm³/mol. The summed E-state index contributed by atoms with van der Waals surface area (Å²) >= 11 is 0. The number of aryl methyl sites for hydroxylation is 1. The molecule has 0 heterocycles. The van der Waals surface area contributed by atoms with Gasteiger partial charge in [0.05, 0.1) is 5.56 Å². The summed E-state index contributed by atoms with van der Waals surface area (Å²) in [6.45, 7) is 6.20. The number of ether oxygens (including phenoxy) is 1. The molecule has 3 N–H and O–H groups in total. The maximum absolute atomic E-state index is 12.3. The van der Waals surface area contributed by atoms with Crippen LogP contribution >= 0.6 is 0 Å². The molecule has 0 spiro atoms. The molecule has 0 amide bonds. The largest absolute Gasteiger partial charge is 0.480 e. The lowest BCUT2D eigenvalue weighted by molar-refractivity contribution is -0.138. The Morgan fingerprint density at radius 2 is 1.76 bits per heavy atom. The summed E-state index contributed by atoms with van der Waals surface area (Å²) in [5, 5.41) is 8.82. The monoisotopic (exact) mass is 341 g/mol. The third kappa shape index (κ3) is 4.90. The first-order chi connectivity index (χ1) is 11.8. The third-order valence-corrected chi connectivity index (χ3v) is 4.03. The van der Waals surface area contributed by atoms with Crippen LogP contribution < -0.4 is 10.5 Å². The Labute approximate surface area is 147 Å².